The predicted octanol–water partition coefficient (Wildman–Crippen LogP) is 0.612. The van der Waals surface area contributed by atoms with Crippen LogP contribution >= 0.6 is 0 Å². The molecule has 194 valence electrons. The summed E-state index contributed by atoms with van der Waals surface area (Å²) in [6.45, 7) is 4.34. The van der Waals surface area contributed by atoms with Crippen molar-refractivity contribution in [1.82, 2.24) is 5.32 Å². The van der Waals surface area contributed by atoms with Crippen LogP contribution in [0.25, 0.3) is 0 Å². The maximum Gasteiger partial charge on any atom is 0.335 e. The first-order chi connectivity index (χ1) is 16.6. The molecule has 3 rings (SSSR count). The van der Waals surface area contributed by atoms with E-state index < -0.39 is 48.7 Å². The van der Waals surface area contributed by atoms with Crippen molar-refractivity contribution < 1.29 is 44.3 Å². The normalized spacial score (nSPS) is 32.0. The molecule has 0 bridgehead atoms. The van der Waals surface area contributed by atoms with Gasteiger partial charge in [-0.3, -0.25) is 4.79 Å². The largest absolute Gasteiger partial charge is 0.479 e. The van der Waals surface area contributed by atoms with Crippen LogP contribution in [0.1, 0.15) is 45.1 Å². The summed E-state index contributed by atoms with van der Waals surface area (Å²) < 4.78 is 10.3. The summed E-state index contributed by atoms with van der Waals surface area (Å²) >= 11 is 0. The number of ether oxygens (including phenoxy) is 2. The number of aliphatic carboxylic acids is 1. The third-order valence-corrected chi connectivity index (χ3v) is 7.01. The lowest BCUT2D eigenvalue weighted by molar-refractivity contribution is -0.286. The van der Waals surface area contributed by atoms with Gasteiger partial charge in [-0.1, -0.05) is 44.2 Å². The van der Waals surface area contributed by atoms with Gasteiger partial charge in [-0.15, -0.1) is 0 Å². The number of aliphatic hydroxyl groups excluding tert-OH is 3. The summed E-state index contributed by atoms with van der Waals surface area (Å²) in [6.07, 6.45) is -6.01. The van der Waals surface area contributed by atoms with Crippen molar-refractivity contribution in [2.75, 3.05) is 0 Å². The van der Waals surface area contributed by atoms with E-state index in [4.69, 9.17) is 9.47 Å². The van der Waals surface area contributed by atoms with Gasteiger partial charge >= 0.3 is 11.9 Å². The minimum atomic E-state index is -1.90. The molecule has 0 aromatic heterocycles. The number of carbonyl (C=O) groups excluding carboxylic acids is 2. The Morgan fingerprint density at radius 2 is 1.63 bits per heavy atom. The maximum absolute atomic E-state index is 13.1. The van der Waals surface area contributed by atoms with Crippen LogP contribution in [0.5, 0.6) is 0 Å². The van der Waals surface area contributed by atoms with E-state index in [0.717, 1.165) is 31.2 Å². The number of benzene rings is 1. The van der Waals surface area contributed by atoms with Gasteiger partial charge in [-0.2, -0.15) is 0 Å². The predicted molar refractivity (Wildman–Crippen MR) is 123 cm³/mol. The lowest BCUT2D eigenvalue weighted by atomic mass is 9.76. The van der Waals surface area contributed by atoms with E-state index in [-0.39, 0.29) is 18.2 Å². The monoisotopic (exact) mass is 493 g/mol. The number of nitrogens with one attached hydrogen (secondary N) is 1. The average molecular weight is 494 g/mol. The first-order valence-electron chi connectivity index (χ1n) is 12.1. The molecule has 0 spiro atoms. The van der Waals surface area contributed by atoms with Crippen LogP contribution in [-0.4, -0.2) is 75.0 Å². The highest BCUT2D eigenvalue weighted by molar-refractivity contribution is 5.86. The Balaban J connectivity index is 1.71. The molecule has 35 heavy (non-hydrogen) atoms. The molecule has 1 saturated carbocycles. The van der Waals surface area contributed by atoms with Gasteiger partial charge < -0.3 is 35.2 Å². The molecule has 5 N–H and O–H groups in total. The van der Waals surface area contributed by atoms with Crippen LogP contribution in [0.4, 0.5) is 0 Å². The number of hydrogen-bond acceptors (Lipinski definition) is 8. The van der Waals surface area contributed by atoms with E-state index in [2.05, 4.69) is 19.2 Å². The fourth-order valence-electron chi connectivity index (χ4n) is 4.73. The van der Waals surface area contributed by atoms with Crippen molar-refractivity contribution in [3.05, 3.63) is 35.9 Å². The fourth-order valence-corrected chi connectivity index (χ4v) is 4.73. The highest BCUT2D eigenvalue weighted by Gasteiger charge is 2.49. The number of amides is 1. The van der Waals surface area contributed by atoms with Crippen molar-refractivity contribution in [2.45, 2.75) is 82.7 Å². The molecule has 6 atom stereocenters. The molecule has 1 aromatic carbocycles. The highest BCUT2D eigenvalue weighted by atomic mass is 16.7. The Hall–Kier alpha value is -2.53. The Kier molecular flexibility index (Phi) is 9.23. The van der Waals surface area contributed by atoms with Crippen LogP contribution in [0.3, 0.4) is 0 Å². The minimum absolute atomic E-state index is 0.100. The second-order valence-electron chi connectivity index (χ2n) is 9.78. The third-order valence-electron chi connectivity index (χ3n) is 7.01. The lowest BCUT2D eigenvalue weighted by Gasteiger charge is -2.38. The second-order valence-corrected chi connectivity index (χ2v) is 9.78. The first kappa shape index (κ1) is 27.1. The van der Waals surface area contributed by atoms with Crippen molar-refractivity contribution in [2.24, 2.45) is 17.8 Å². The SMILES string of the molecule is CC(C)C1CCC(C(=O)NC(Cc2ccccc2)C(=O)OC2OC(C(=O)O)C(O)C(O)C2O)CC1. The van der Waals surface area contributed by atoms with Crippen molar-refractivity contribution in [3.63, 3.8) is 0 Å². The van der Waals surface area contributed by atoms with E-state index in [0.29, 0.717) is 11.8 Å². The average Bonchev–Trinajstić information content (AvgIpc) is 2.84. The quantitative estimate of drug-likeness (QED) is 0.327. The standard InChI is InChI=1S/C25H35NO9/c1-13(2)15-8-10-16(11-9-15)22(30)26-17(12-14-6-4-3-5-7-14)24(33)35-25-20(29)18(27)19(28)21(34-25)23(31)32/h3-7,13,15-21,25,27-29H,8-12H2,1-2H3,(H,26,30)(H,31,32). The van der Waals surface area contributed by atoms with Gasteiger partial charge in [0.1, 0.15) is 24.4 Å². The highest BCUT2D eigenvalue weighted by Crippen LogP contribution is 2.33. The van der Waals surface area contributed by atoms with E-state index in [1.165, 1.54) is 0 Å². The molecule has 2 fully saturated rings. The Bertz CT molecular complexity index is 869. The first-order valence-corrected chi connectivity index (χ1v) is 12.1. The van der Waals surface area contributed by atoms with E-state index in [9.17, 15) is 34.8 Å². The minimum Gasteiger partial charge on any atom is -0.479 e. The number of hydrogen-bond donors (Lipinski definition) is 5. The lowest BCUT2D eigenvalue weighted by Crippen LogP contribution is -2.61. The molecule has 0 radical (unpaired) electrons. The number of carboxylic acid groups (broad SMARTS) is 1. The van der Waals surface area contributed by atoms with Gasteiger partial charge in [0.2, 0.25) is 12.2 Å². The summed E-state index contributed by atoms with van der Waals surface area (Å²) in [7, 11) is 0. The third kappa shape index (κ3) is 6.78. The van der Waals surface area contributed by atoms with Gasteiger partial charge in [0, 0.05) is 12.3 Å². The molecular weight excluding hydrogens is 458 g/mol. The molecule has 1 heterocycles. The molecule has 1 aliphatic heterocycles. The van der Waals surface area contributed by atoms with Gasteiger partial charge in [0.15, 0.2) is 6.10 Å². The summed E-state index contributed by atoms with van der Waals surface area (Å²) in [5, 5.41) is 42.0. The summed E-state index contributed by atoms with van der Waals surface area (Å²) in [6, 6.07) is 7.83. The van der Waals surface area contributed by atoms with E-state index >= 15 is 0 Å². The van der Waals surface area contributed by atoms with Gasteiger partial charge in [0.25, 0.3) is 0 Å². The molecule has 10 heteroatoms. The molecule has 6 unspecified atom stereocenters. The van der Waals surface area contributed by atoms with Crippen LogP contribution in [0.2, 0.25) is 0 Å². The van der Waals surface area contributed by atoms with Gasteiger partial charge in [-0.25, -0.2) is 9.59 Å². The molecule has 1 aromatic rings. The zero-order valence-electron chi connectivity index (χ0n) is 19.9. The summed E-state index contributed by atoms with van der Waals surface area (Å²) in [5.74, 6) is -1.93. The molecule has 2 aliphatic rings. The fraction of sp³-hybridized carbons (Fsp3) is 0.640. The molecular formula is C25H35NO9. The molecule has 1 aliphatic carbocycles. The molecule has 1 saturated heterocycles. The van der Waals surface area contributed by atoms with Gasteiger partial charge in [-0.05, 0) is 43.1 Å². The Morgan fingerprint density at radius 1 is 1.00 bits per heavy atom. The topological polar surface area (TPSA) is 163 Å². The number of carbonyl (C=O) groups is 3. The van der Waals surface area contributed by atoms with Gasteiger partial charge in [0.05, 0.1) is 0 Å². The Morgan fingerprint density at radius 3 is 2.20 bits per heavy atom. The van der Waals surface area contributed by atoms with E-state index in [1.807, 2.05) is 6.07 Å². The second kappa shape index (κ2) is 11.9. The maximum atomic E-state index is 13.1. The van der Waals surface area contributed by atoms with E-state index in [1.54, 1.807) is 24.3 Å². The smallest absolute Gasteiger partial charge is 0.335 e. The van der Waals surface area contributed by atoms with Crippen molar-refractivity contribution >= 4 is 17.8 Å². The van der Waals surface area contributed by atoms with Crippen LogP contribution in [-0.2, 0) is 30.3 Å². The number of rotatable bonds is 8. The van der Waals surface area contributed by atoms with Crippen LogP contribution in [0.15, 0.2) is 30.3 Å². The zero-order valence-corrected chi connectivity index (χ0v) is 19.9. The number of aliphatic hydroxyl groups is 3. The van der Waals surface area contributed by atoms with Crippen LogP contribution in [0, 0.1) is 17.8 Å². The van der Waals surface area contributed by atoms with Crippen molar-refractivity contribution in [3.8, 4) is 0 Å². The number of carboxylic acids is 1. The zero-order chi connectivity index (χ0) is 25.7. The summed E-state index contributed by atoms with van der Waals surface area (Å²) in [4.78, 5) is 37.4. The van der Waals surface area contributed by atoms with Crippen molar-refractivity contribution in [1.29, 1.82) is 0 Å². The molecule has 10 nitrogen and oxygen atoms in total. The Labute approximate surface area is 204 Å². The summed E-state index contributed by atoms with van der Waals surface area (Å²) in [5.41, 5.74) is 0.752. The molecule has 1 amide bonds. The van der Waals surface area contributed by atoms with Crippen LogP contribution < -0.4 is 5.32 Å². The number of esters is 1.